The lowest BCUT2D eigenvalue weighted by molar-refractivity contribution is -0.119. The minimum atomic E-state index is -3.91. The number of fused-ring (bicyclic) bond motifs is 1. The maximum absolute atomic E-state index is 14.0. The largest absolute Gasteiger partial charge is 0.309 e. The van der Waals surface area contributed by atoms with E-state index in [1.165, 1.54) is 16.4 Å². The smallest absolute Gasteiger partial charge is 0.264 e. The van der Waals surface area contributed by atoms with Crippen LogP contribution in [0.4, 0.5) is 11.4 Å². The Morgan fingerprint density at radius 1 is 1.00 bits per heavy atom. The van der Waals surface area contributed by atoms with Crippen molar-refractivity contribution in [1.29, 1.82) is 0 Å². The fourth-order valence-electron chi connectivity index (χ4n) is 4.50. The van der Waals surface area contributed by atoms with Gasteiger partial charge in [0.1, 0.15) is 0 Å². The molecule has 0 saturated heterocycles. The lowest BCUT2D eigenvalue weighted by atomic mass is 9.91. The first-order valence-corrected chi connectivity index (χ1v) is 12.9. The van der Waals surface area contributed by atoms with Crippen molar-refractivity contribution in [3.8, 4) is 0 Å². The summed E-state index contributed by atoms with van der Waals surface area (Å²) in [6, 6.07) is 22.3. The molecule has 0 unspecified atom stereocenters. The van der Waals surface area contributed by atoms with E-state index in [9.17, 15) is 13.2 Å². The first kappa shape index (κ1) is 23.3. The van der Waals surface area contributed by atoms with Crippen LogP contribution in [0, 0.1) is 0 Å². The summed E-state index contributed by atoms with van der Waals surface area (Å²) in [7, 11) is -3.91. The van der Waals surface area contributed by atoms with Crippen LogP contribution in [0.25, 0.3) is 0 Å². The number of hydrogen-bond donors (Lipinski definition) is 0. The Kier molecular flexibility index (Phi) is 6.77. The molecule has 0 spiro atoms. The summed E-state index contributed by atoms with van der Waals surface area (Å²) < 4.78 is 29.5. The fourth-order valence-corrected chi connectivity index (χ4v) is 6.27. The van der Waals surface area contributed by atoms with Crippen molar-refractivity contribution in [2.45, 2.75) is 50.1 Å². The van der Waals surface area contributed by atoms with Gasteiger partial charge >= 0.3 is 0 Å². The molecule has 1 aliphatic rings. The summed E-state index contributed by atoms with van der Waals surface area (Å²) in [6.07, 6.45) is 1.69. The second-order valence-electron chi connectivity index (χ2n) is 8.26. The Morgan fingerprint density at radius 2 is 1.64 bits per heavy atom. The molecule has 33 heavy (non-hydrogen) atoms. The van der Waals surface area contributed by atoms with Gasteiger partial charge in [-0.15, -0.1) is 0 Å². The first-order chi connectivity index (χ1) is 15.8. The highest BCUT2D eigenvalue weighted by molar-refractivity contribution is 7.92. The molecule has 0 saturated carbocycles. The number of para-hydroxylation sites is 2. The Bertz CT molecular complexity index is 1230. The van der Waals surface area contributed by atoms with E-state index in [4.69, 9.17) is 11.6 Å². The molecule has 0 aromatic heterocycles. The lowest BCUT2D eigenvalue weighted by Gasteiger charge is -2.43. The van der Waals surface area contributed by atoms with Crippen molar-refractivity contribution < 1.29 is 13.2 Å². The number of rotatable bonds is 6. The van der Waals surface area contributed by atoms with Gasteiger partial charge in [-0.25, -0.2) is 8.42 Å². The third kappa shape index (κ3) is 4.50. The number of carbonyl (C=O) groups excluding carboxylic acids is 1. The molecule has 2 atom stereocenters. The first-order valence-electron chi connectivity index (χ1n) is 11.1. The molecule has 0 radical (unpaired) electrons. The van der Waals surface area contributed by atoms with E-state index in [0.717, 1.165) is 17.7 Å². The van der Waals surface area contributed by atoms with E-state index in [-0.39, 0.29) is 16.8 Å². The van der Waals surface area contributed by atoms with Crippen molar-refractivity contribution in [3.05, 3.63) is 89.4 Å². The molecule has 3 aromatic rings. The fraction of sp³-hybridized carbons (Fsp3) is 0.269. The second kappa shape index (κ2) is 9.57. The van der Waals surface area contributed by atoms with Gasteiger partial charge in [0, 0.05) is 23.2 Å². The topological polar surface area (TPSA) is 57.7 Å². The second-order valence-corrected chi connectivity index (χ2v) is 10.5. The predicted octanol–water partition coefficient (Wildman–Crippen LogP) is 6.20. The van der Waals surface area contributed by atoms with Gasteiger partial charge in [-0.3, -0.25) is 9.10 Å². The van der Waals surface area contributed by atoms with E-state index in [2.05, 4.69) is 0 Å². The minimum absolute atomic E-state index is 0.0581. The Hall–Kier alpha value is -2.83. The predicted molar refractivity (Wildman–Crippen MR) is 133 cm³/mol. The third-order valence-electron chi connectivity index (χ3n) is 5.96. The number of hydrogen-bond acceptors (Lipinski definition) is 3. The Morgan fingerprint density at radius 3 is 2.30 bits per heavy atom. The van der Waals surface area contributed by atoms with Crippen molar-refractivity contribution in [2.75, 3.05) is 9.21 Å². The molecular weight excluding hydrogens is 456 g/mol. The van der Waals surface area contributed by atoms with Gasteiger partial charge in [-0.2, -0.15) is 0 Å². The molecule has 172 valence electrons. The minimum Gasteiger partial charge on any atom is -0.309 e. The average molecular weight is 483 g/mol. The maximum atomic E-state index is 14.0. The number of nitrogens with zero attached hydrogens (tertiary/aromatic N) is 2. The van der Waals surface area contributed by atoms with E-state index >= 15 is 0 Å². The molecule has 4 rings (SSSR count). The molecule has 1 aliphatic heterocycles. The molecule has 1 amide bonds. The van der Waals surface area contributed by atoms with Crippen LogP contribution in [-0.2, 0) is 14.8 Å². The van der Waals surface area contributed by atoms with Crippen LogP contribution < -0.4 is 9.21 Å². The Balaban J connectivity index is 1.88. The summed E-state index contributed by atoms with van der Waals surface area (Å²) in [6.45, 7) is 3.96. The average Bonchev–Trinajstić information content (AvgIpc) is 2.80. The van der Waals surface area contributed by atoms with Crippen molar-refractivity contribution in [3.63, 3.8) is 0 Å². The third-order valence-corrected chi connectivity index (χ3v) is 8.06. The van der Waals surface area contributed by atoms with Gasteiger partial charge in [-0.1, -0.05) is 54.9 Å². The molecule has 0 bridgehead atoms. The van der Waals surface area contributed by atoms with Gasteiger partial charge in [0.25, 0.3) is 10.0 Å². The van der Waals surface area contributed by atoms with Gasteiger partial charge in [0.05, 0.1) is 16.6 Å². The Labute approximate surface area is 200 Å². The summed E-state index contributed by atoms with van der Waals surface area (Å²) in [5.41, 5.74) is 2.17. The van der Waals surface area contributed by atoms with Crippen LogP contribution in [0.15, 0.2) is 83.8 Å². The van der Waals surface area contributed by atoms with E-state index in [1.807, 2.05) is 61.2 Å². The quantitative estimate of drug-likeness (QED) is 0.420. The highest BCUT2D eigenvalue weighted by Gasteiger charge is 2.40. The number of benzene rings is 3. The molecular formula is C26H27ClN2O3S. The highest BCUT2D eigenvalue weighted by atomic mass is 35.5. The van der Waals surface area contributed by atoms with E-state index < -0.39 is 16.1 Å². The van der Waals surface area contributed by atoms with Crippen LogP contribution in [-0.4, -0.2) is 20.4 Å². The molecule has 7 heteroatoms. The van der Waals surface area contributed by atoms with Crippen LogP contribution in [0.5, 0.6) is 0 Å². The molecule has 0 N–H and O–H groups in total. The monoisotopic (exact) mass is 482 g/mol. The number of halogens is 1. The normalized spacial score (nSPS) is 18.0. The van der Waals surface area contributed by atoms with Crippen LogP contribution in [0.1, 0.15) is 44.7 Å². The van der Waals surface area contributed by atoms with Gasteiger partial charge in [0.2, 0.25) is 5.91 Å². The van der Waals surface area contributed by atoms with E-state index in [0.29, 0.717) is 23.6 Å². The summed E-state index contributed by atoms with van der Waals surface area (Å²) >= 11 is 6.02. The van der Waals surface area contributed by atoms with E-state index in [1.54, 1.807) is 24.3 Å². The zero-order valence-electron chi connectivity index (χ0n) is 18.7. The van der Waals surface area contributed by atoms with Crippen LogP contribution >= 0.6 is 11.6 Å². The van der Waals surface area contributed by atoms with Crippen molar-refractivity contribution >= 4 is 38.9 Å². The standard InChI is InChI=1S/C26H27ClN2O3S/c1-3-9-26(30)28-19(2)18-25(23-12-7-8-13-24(23)28)29(21-10-5-4-6-11-21)33(31,32)22-16-14-20(27)15-17-22/h4-8,10-17,19,25H,3,9,18H2,1-2H3/t19-,25-/m0/s1. The van der Waals surface area contributed by atoms with Crippen molar-refractivity contribution in [2.24, 2.45) is 0 Å². The number of carbonyl (C=O) groups is 1. The SMILES string of the molecule is CCCC(=O)N1c2ccccc2[C@@H](N(c2ccccc2)S(=O)(=O)c2ccc(Cl)cc2)C[C@@H]1C. The van der Waals surface area contributed by atoms with Gasteiger partial charge in [0.15, 0.2) is 0 Å². The van der Waals surface area contributed by atoms with Crippen LogP contribution in [0.2, 0.25) is 5.02 Å². The number of sulfonamides is 1. The number of amides is 1. The highest BCUT2D eigenvalue weighted by Crippen LogP contribution is 2.44. The molecule has 5 nitrogen and oxygen atoms in total. The summed E-state index contributed by atoms with van der Waals surface area (Å²) in [5.74, 6) is 0.0581. The zero-order valence-corrected chi connectivity index (χ0v) is 20.3. The number of anilines is 2. The maximum Gasteiger partial charge on any atom is 0.264 e. The molecule has 1 heterocycles. The molecule has 3 aromatic carbocycles. The van der Waals surface area contributed by atoms with Crippen LogP contribution in [0.3, 0.4) is 0 Å². The molecule has 0 aliphatic carbocycles. The molecule has 0 fully saturated rings. The van der Waals surface area contributed by atoms with Gasteiger partial charge < -0.3 is 4.90 Å². The lowest BCUT2D eigenvalue weighted by Crippen LogP contribution is -2.47. The van der Waals surface area contributed by atoms with Gasteiger partial charge in [-0.05, 0) is 67.8 Å². The van der Waals surface area contributed by atoms with Crippen molar-refractivity contribution in [1.82, 2.24) is 0 Å². The summed E-state index contributed by atoms with van der Waals surface area (Å²) in [5, 5.41) is 0.474. The summed E-state index contributed by atoms with van der Waals surface area (Å²) in [4.78, 5) is 14.9. The zero-order chi connectivity index (χ0) is 23.6.